The lowest BCUT2D eigenvalue weighted by atomic mass is 9.72. The van der Waals surface area contributed by atoms with Gasteiger partial charge in [-0.1, -0.05) is 6.92 Å². The van der Waals surface area contributed by atoms with E-state index in [0.29, 0.717) is 19.3 Å². The van der Waals surface area contributed by atoms with E-state index in [1.54, 1.807) is 0 Å². The van der Waals surface area contributed by atoms with Crippen molar-refractivity contribution in [2.24, 2.45) is 5.41 Å². The van der Waals surface area contributed by atoms with E-state index < -0.39 is 18.0 Å². The lowest BCUT2D eigenvalue weighted by molar-refractivity contribution is -0.148. The van der Waals surface area contributed by atoms with Crippen LogP contribution in [-0.4, -0.2) is 25.0 Å². The van der Waals surface area contributed by atoms with Crippen LogP contribution in [0.5, 0.6) is 0 Å². The summed E-state index contributed by atoms with van der Waals surface area (Å²) >= 11 is 0. The monoisotopic (exact) mass is 237 g/mol. The lowest BCUT2D eigenvalue weighted by Crippen LogP contribution is -2.42. The first-order chi connectivity index (χ1) is 7.40. The first kappa shape index (κ1) is 13.5. The molecule has 0 spiro atoms. The van der Waals surface area contributed by atoms with Gasteiger partial charge in [-0.15, -0.1) is 0 Å². The molecule has 1 aliphatic rings. The molecule has 94 valence electrons. The molecule has 5 heteroatoms. The Morgan fingerprint density at radius 3 is 2.31 bits per heavy atom. The number of rotatable bonds is 4. The van der Waals surface area contributed by atoms with Crippen LogP contribution in [0.3, 0.4) is 0 Å². The summed E-state index contributed by atoms with van der Waals surface area (Å²) in [6.07, 6.45) is -3.60. The Labute approximate surface area is 93.6 Å². The quantitative estimate of drug-likeness (QED) is 0.814. The van der Waals surface area contributed by atoms with Gasteiger partial charge in [0, 0.05) is 11.8 Å². The SMILES string of the molecule is CCC1(C(=O)CCC(F)(F)F)CCNCC1. The van der Waals surface area contributed by atoms with Gasteiger partial charge in [0.2, 0.25) is 0 Å². The maximum Gasteiger partial charge on any atom is 0.389 e. The predicted molar refractivity (Wildman–Crippen MR) is 55.1 cm³/mol. The third kappa shape index (κ3) is 3.47. The van der Waals surface area contributed by atoms with Gasteiger partial charge in [0.25, 0.3) is 0 Å². The highest BCUT2D eigenvalue weighted by atomic mass is 19.4. The van der Waals surface area contributed by atoms with Gasteiger partial charge >= 0.3 is 6.18 Å². The fraction of sp³-hybridized carbons (Fsp3) is 0.909. The molecule has 0 amide bonds. The molecule has 0 unspecified atom stereocenters. The van der Waals surface area contributed by atoms with Crippen molar-refractivity contribution in [3.05, 3.63) is 0 Å². The van der Waals surface area contributed by atoms with Crippen LogP contribution in [0.25, 0.3) is 0 Å². The summed E-state index contributed by atoms with van der Waals surface area (Å²) < 4.78 is 36.1. The van der Waals surface area contributed by atoms with Crippen LogP contribution in [0.1, 0.15) is 39.0 Å². The number of nitrogens with one attached hydrogen (secondary N) is 1. The van der Waals surface area contributed by atoms with Crippen LogP contribution >= 0.6 is 0 Å². The molecule has 2 nitrogen and oxygen atoms in total. The minimum atomic E-state index is -4.22. The zero-order chi connectivity index (χ0) is 12.2. The second kappa shape index (κ2) is 5.17. The molecular weight excluding hydrogens is 219 g/mol. The van der Waals surface area contributed by atoms with Crippen molar-refractivity contribution in [1.29, 1.82) is 0 Å². The Morgan fingerprint density at radius 2 is 1.88 bits per heavy atom. The molecule has 0 radical (unpaired) electrons. The van der Waals surface area contributed by atoms with E-state index in [4.69, 9.17) is 0 Å². The molecule has 1 aliphatic heterocycles. The summed E-state index contributed by atoms with van der Waals surface area (Å²) in [6, 6.07) is 0. The number of Topliss-reactive ketones (excluding diaryl/α,β-unsaturated/α-hetero) is 1. The fourth-order valence-electron chi connectivity index (χ4n) is 2.26. The number of carbonyl (C=O) groups is 1. The number of hydrogen-bond donors (Lipinski definition) is 1. The van der Waals surface area contributed by atoms with E-state index in [2.05, 4.69) is 5.32 Å². The average molecular weight is 237 g/mol. The van der Waals surface area contributed by atoms with Gasteiger partial charge in [-0.05, 0) is 32.4 Å². The second-order valence-electron chi connectivity index (χ2n) is 4.42. The predicted octanol–water partition coefficient (Wildman–Crippen LogP) is 2.68. The first-order valence-corrected chi connectivity index (χ1v) is 5.70. The van der Waals surface area contributed by atoms with E-state index in [9.17, 15) is 18.0 Å². The second-order valence-corrected chi connectivity index (χ2v) is 4.42. The van der Waals surface area contributed by atoms with E-state index >= 15 is 0 Å². The van der Waals surface area contributed by atoms with Crippen LogP contribution in [0.4, 0.5) is 13.2 Å². The van der Waals surface area contributed by atoms with Crippen LogP contribution in [0.15, 0.2) is 0 Å². The fourth-order valence-corrected chi connectivity index (χ4v) is 2.26. The molecule has 0 aromatic heterocycles. The minimum absolute atomic E-state index is 0.214. The van der Waals surface area contributed by atoms with Crippen LogP contribution < -0.4 is 5.32 Å². The smallest absolute Gasteiger partial charge is 0.317 e. The molecule has 0 aliphatic carbocycles. The van der Waals surface area contributed by atoms with Crippen molar-refractivity contribution in [2.45, 2.75) is 45.2 Å². The Hall–Kier alpha value is -0.580. The summed E-state index contributed by atoms with van der Waals surface area (Å²) in [7, 11) is 0. The Balaban J connectivity index is 2.55. The summed E-state index contributed by atoms with van der Waals surface area (Å²) in [4.78, 5) is 11.9. The van der Waals surface area contributed by atoms with Crippen molar-refractivity contribution >= 4 is 5.78 Å². The highest BCUT2D eigenvalue weighted by Crippen LogP contribution is 2.36. The van der Waals surface area contributed by atoms with E-state index in [1.165, 1.54) is 0 Å². The topological polar surface area (TPSA) is 29.1 Å². The van der Waals surface area contributed by atoms with Crippen molar-refractivity contribution in [3.8, 4) is 0 Å². The molecule has 16 heavy (non-hydrogen) atoms. The maximum atomic E-state index is 12.0. The molecule has 1 fully saturated rings. The van der Waals surface area contributed by atoms with Crippen molar-refractivity contribution in [3.63, 3.8) is 0 Å². The van der Waals surface area contributed by atoms with Gasteiger partial charge in [-0.25, -0.2) is 0 Å². The Kier molecular flexibility index (Phi) is 4.35. The molecule has 1 heterocycles. The third-order valence-corrected chi connectivity index (χ3v) is 3.46. The molecule has 0 saturated carbocycles. The van der Waals surface area contributed by atoms with E-state index in [0.717, 1.165) is 13.1 Å². The number of halogens is 3. The summed E-state index contributed by atoms with van der Waals surface area (Å²) in [5, 5.41) is 3.13. The lowest BCUT2D eigenvalue weighted by Gasteiger charge is -2.35. The van der Waals surface area contributed by atoms with Crippen LogP contribution in [-0.2, 0) is 4.79 Å². The Bertz CT molecular complexity index is 244. The molecule has 0 atom stereocenters. The Morgan fingerprint density at radius 1 is 1.31 bits per heavy atom. The summed E-state index contributed by atoms with van der Waals surface area (Å²) in [5.41, 5.74) is -0.503. The van der Waals surface area contributed by atoms with Crippen molar-refractivity contribution in [1.82, 2.24) is 5.32 Å². The van der Waals surface area contributed by atoms with Gasteiger partial charge in [0.1, 0.15) is 5.78 Å². The standard InChI is InChI=1S/C11H18F3NO/c1-2-10(5-7-15-8-6-10)9(16)3-4-11(12,13)14/h15H,2-8H2,1H3. The third-order valence-electron chi connectivity index (χ3n) is 3.46. The normalized spacial score (nSPS) is 20.8. The van der Waals surface area contributed by atoms with Gasteiger partial charge < -0.3 is 5.32 Å². The largest absolute Gasteiger partial charge is 0.389 e. The van der Waals surface area contributed by atoms with E-state index in [-0.39, 0.29) is 12.2 Å². The molecule has 0 bridgehead atoms. The number of carbonyl (C=O) groups excluding carboxylic acids is 1. The van der Waals surface area contributed by atoms with Gasteiger partial charge in [-0.2, -0.15) is 13.2 Å². The number of ketones is 1. The zero-order valence-electron chi connectivity index (χ0n) is 9.49. The molecule has 1 rings (SSSR count). The van der Waals surface area contributed by atoms with Crippen molar-refractivity contribution in [2.75, 3.05) is 13.1 Å². The molecule has 1 saturated heterocycles. The molecular formula is C11H18F3NO. The van der Waals surface area contributed by atoms with Crippen LogP contribution in [0.2, 0.25) is 0 Å². The van der Waals surface area contributed by atoms with Gasteiger partial charge in [-0.3, -0.25) is 4.79 Å². The molecule has 0 aromatic carbocycles. The first-order valence-electron chi connectivity index (χ1n) is 5.70. The van der Waals surface area contributed by atoms with Gasteiger partial charge in [0.15, 0.2) is 0 Å². The zero-order valence-corrected chi connectivity index (χ0v) is 9.49. The maximum absolute atomic E-state index is 12.0. The summed E-state index contributed by atoms with van der Waals surface area (Å²) in [6.45, 7) is 3.34. The van der Waals surface area contributed by atoms with E-state index in [1.807, 2.05) is 6.92 Å². The number of alkyl halides is 3. The average Bonchev–Trinajstić information content (AvgIpc) is 2.25. The van der Waals surface area contributed by atoms with Crippen molar-refractivity contribution < 1.29 is 18.0 Å². The van der Waals surface area contributed by atoms with Gasteiger partial charge in [0.05, 0.1) is 6.42 Å². The molecule has 0 aromatic rings. The minimum Gasteiger partial charge on any atom is -0.317 e. The summed E-state index contributed by atoms with van der Waals surface area (Å²) in [5.74, 6) is -0.214. The molecule has 1 N–H and O–H groups in total. The number of hydrogen-bond acceptors (Lipinski definition) is 2. The number of piperidine rings is 1. The van der Waals surface area contributed by atoms with Crippen LogP contribution in [0, 0.1) is 5.41 Å². The highest BCUT2D eigenvalue weighted by molar-refractivity contribution is 5.84. The highest BCUT2D eigenvalue weighted by Gasteiger charge is 2.39.